The van der Waals surface area contributed by atoms with Gasteiger partial charge >= 0.3 is 6.03 Å². The molecule has 0 saturated carbocycles. The Morgan fingerprint density at radius 3 is 2.64 bits per heavy atom. The first-order chi connectivity index (χ1) is 17.2. The van der Waals surface area contributed by atoms with E-state index in [4.69, 9.17) is 0 Å². The van der Waals surface area contributed by atoms with E-state index in [0.717, 1.165) is 58.3 Å². The second kappa shape index (κ2) is 11.7. The summed E-state index contributed by atoms with van der Waals surface area (Å²) in [6, 6.07) is 14.5. The molecule has 0 radical (unpaired) electrons. The highest BCUT2D eigenvalue weighted by molar-refractivity contribution is 9.10. The molecule has 0 aliphatic carbocycles. The monoisotopic (exact) mass is 573 g/mol. The zero-order valence-electron chi connectivity index (χ0n) is 20.6. The largest absolute Gasteiger partial charge is 0.337 e. The number of amides is 2. The lowest BCUT2D eigenvalue weighted by atomic mass is 10.1. The number of benzene rings is 2. The average Bonchev–Trinajstić information content (AvgIpc) is 2.84. The SMILES string of the molecule is CCc1cc(Br)ccc1S(=O)(=O)NC1CCN(CCNC(=O)Nc2cc(C)nc3ccccc23)CC1. The fraction of sp³-hybridized carbons (Fsp3) is 0.385. The van der Waals surface area contributed by atoms with Gasteiger partial charge in [-0.25, -0.2) is 17.9 Å². The molecule has 1 aliphatic heterocycles. The van der Waals surface area contributed by atoms with Gasteiger partial charge in [0, 0.05) is 34.7 Å². The molecule has 3 aromatic rings. The number of anilines is 1. The molecule has 36 heavy (non-hydrogen) atoms. The number of piperidine rings is 1. The number of nitrogens with zero attached hydrogens (tertiary/aromatic N) is 2. The van der Waals surface area contributed by atoms with E-state index in [0.29, 0.717) is 24.4 Å². The Hall–Kier alpha value is -2.53. The number of fused-ring (bicyclic) bond motifs is 1. The van der Waals surface area contributed by atoms with E-state index in [2.05, 4.69) is 41.2 Å². The number of carbonyl (C=O) groups excluding carboxylic acids is 1. The number of aryl methyl sites for hydroxylation is 2. The Balaban J connectivity index is 1.23. The fourth-order valence-electron chi connectivity index (χ4n) is 4.55. The molecule has 0 spiro atoms. The number of nitrogens with one attached hydrogen (secondary N) is 3. The maximum atomic E-state index is 13.0. The van der Waals surface area contributed by atoms with Crippen LogP contribution < -0.4 is 15.4 Å². The first-order valence-electron chi connectivity index (χ1n) is 12.2. The Kier molecular flexibility index (Phi) is 8.61. The van der Waals surface area contributed by atoms with E-state index in [1.807, 2.05) is 50.2 Å². The van der Waals surface area contributed by atoms with Gasteiger partial charge in [0.25, 0.3) is 0 Å². The van der Waals surface area contributed by atoms with Crippen molar-refractivity contribution in [1.82, 2.24) is 19.9 Å². The van der Waals surface area contributed by atoms with Crippen molar-refractivity contribution in [2.24, 2.45) is 0 Å². The summed E-state index contributed by atoms with van der Waals surface area (Å²) in [6.07, 6.45) is 2.10. The average molecular weight is 575 g/mol. The number of halogens is 1. The number of urea groups is 1. The van der Waals surface area contributed by atoms with Crippen LogP contribution >= 0.6 is 15.9 Å². The van der Waals surface area contributed by atoms with Crippen molar-refractivity contribution in [1.29, 1.82) is 0 Å². The van der Waals surface area contributed by atoms with Crippen LogP contribution in [0.15, 0.2) is 57.9 Å². The van der Waals surface area contributed by atoms with Crippen LogP contribution in [0, 0.1) is 6.92 Å². The zero-order valence-corrected chi connectivity index (χ0v) is 23.0. The van der Waals surface area contributed by atoms with Crippen molar-refractivity contribution in [2.45, 2.75) is 44.0 Å². The molecular weight excluding hydrogens is 542 g/mol. The molecule has 1 aromatic heterocycles. The third-order valence-electron chi connectivity index (χ3n) is 6.41. The Bertz CT molecular complexity index is 1340. The second-order valence-corrected chi connectivity index (χ2v) is 11.7. The van der Waals surface area contributed by atoms with E-state index in [9.17, 15) is 13.2 Å². The summed E-state index contributed by atoms with van der Waals surface area (Å²) in [6.45, 7) is 6.60. The number of pyridine rings is 1. The third kappa shape index (κ3) is 6.61. The molecule has 0 bridgehead atoms. The van der Waals surface area contributed by atoms with Crippen LogP contribution in [-0.4, -0.2) is 56.6 Å². The molecule has 4 rings (SSSR count). The van der Waals surface area contributed by atoms with E-state index in [1.54, 1.807) is 12.1 Å². The summed E-state index contributed by atoms with van der Waals surface area (Å²) in [5.74, 6) is 0. The molecule has 3 N–H and O–H groups in total. The van der Waals surface area contributed by atoms with E-state index >= 15 is 0 Å². The molecule has 2 amide bonds. The van der Waals surface area contributed by atoms with Crippen LogP contribution in [-0.2, 0) is 16.4 Å². The van der Waals surface area contributed by atoms with Crippen LogP contribution in [0.4, 0.5) is 10.5 Å². The maximum Gasteiger partial charge on any atom is 0.319 e. The molecule has 192 valence electrons. The molecule has 0 unspecified atom stereocenters. The van der Waals surface area contributed by atoms with Crippen molar-refractivity contribution >= 4 is 48.6 Å². The molecule has 0 atom stereocenters. The summed E-state index contributed by atoms with van der Waals surface area (Å²) in [4.78, 5) is 19.6. The van der Waals surface area contributed by atoms with E-state index in [1.165, 1.54) is 0 Å². The normalized spacial score (nSPS) is 15.2. The Morgan fingerprint density at radius 2 is 1.89 bits per heavy atom. The van der Waals surface area contributed by atoms with Gasteiger partial charge in [0.15, 0.2) is 0 Å². The second-order valence-electron chi connectivity index (χ2n) is 9.05. The third-order valence-corrected chi connectivity index (χ3v) is 8.52. The molecule has 8 nitrogen and oxygen atoms in total. The lowest BCUT2D eigenvalue weighted by molar-refractivity contribution is 0.206. The zero-order chi connectivity index (χ0) is 25.7. The van der Waals surface area contributed by atoms with Crippen LogP contribution in [0.25, 0.3) is 10.9 Å². The lowest BCUT2D eigenvalue weighted by Crippen LogP contribution is -2.46. The minimum Gasteiger partial charge on any atom is -0.337 e. The number of para-hydroxylation sites is 1. The van der Waals surface area contributed by atoms with Crippen molar-refractivity contribution in [3.63, 3.8) is 0 Å². The molecule has 2 aromatic carbocycles. The highest BCUT2D eigenvalue weighted by Crippen LogP contribution is 2.24. The summed E-state index contributed by atoms with van der Waals surface area (Å²) >= 11 is 3.41. The van der Waals surface area contributed by atoms with E-state index < -0.39 is 10.0 Å². The van der Waals surface area contributed by atoms with E-state index in [-0.39, 0.29) is 12.1 Å². The lowest BCUT2D eigenvalue weighted by Gasteiger charge is -2.32. The van der Waals surface area contributed by atoms with Gasteiger partial charge in [-0.1, -0.05) is 41.1 Å². The highest BCUT2D eigenvalue weighted by Gasteiger charge is 2.26. The molecular formula is C26H32BrN5O3S. The first kappa shape index (κ1) is 26.5. The first-order valence-corrected chi connectivity index (χ1v) is 14.5. The van der Waals surface area contributed by atoms with Gasteiger partial charge in [-0.2, -0.15) is 0 Å². The predicted molar refractivity (Wildman–Crippen MR) is 147 cm³/mol. The Labute approximate surface area is 221 Å². The summed E-state index contributed by atoms with van der Waals surface area (Å²) in [5.41, 5.74) is 3.22. The highest BCUT2D eigenvalue weighted by atomic mass is 79.9. The number of likely N-dealkylation sites (tertiary alicyclic amines) is 1. The van der Waals surface area contributed by atoms with Crippen molar-refractivity contribution in [2.75, 3.05) is 31.5 Å². The molecule has 2 heterocycles. The number of carbonyl (C=O) groups is 1. The van der Waals surface area contributed by atoms with Crippen molar-refractivity contribution in [3.8, 4) is 0 Å². The molecule has 10 heteroatoms. The topological polar surface area (TPSA) is 103 Å². The fourth-order valence-corrected chi connectivity index (χ4v) is 6.55. The Morgan fingerprint density at radius 1 is 1.14 bits per heavy atom. The number of hydrogen-bond donors (Lipinski definition) is 3. The summed E-state index contributed by atoms with van der Waals surface area (Å²) in [7, 11) is -3.57. The molecule has 1 saturated heterocycles. The van der Waals surface area contributed by atoms with Gasteiger partial charge in [0.1, 0.15) is 0 Å². The van der Waals surface area contributed by atoms with Gasteiger partial charge in [-0.15, -0.1) is 0 Å². The number of sulfonamides is 1. The van der Waals surface area contributed by atoms with Gasteiger partial charge in [0.05, 0.1) is 16.1 Å². The van der Waals surface area contributed by atoms with Gasteiger partial charge in [-0.3, -0.25) is 4.98 Å². The molecule has 1 aliphatic rings. The standard InChI is InChI=1S/C26H32BrN5O3S/c1-3-19-17-20(27)8-9-25(19)36(34,35)31-21-10-13-32(14-11-21)15-12-28-26(33)30-24-16-18(2)29-23-7-5-4-6-22(23)24/h4-9,16-17,21,31H,3,10-15H2,1-2H3,(H2,28,29,30,33). The van der Waals surface area contributed by atoms with Gasteiger partial charge < -0.3 is 15.5 Å². The smallest absolute Gasteiger partial charge is 0.319 e. The predicted octanol–water partition coefficient (Wildman–Crippen LogP) is 4.43. The minimum atomic E-state index is -3.57. The van der Waals surface area contributed by atoms with Crippen LogP contribution in [0.2, 0.25) is 0 Å². The maximum absolute atomic E-state index is 13.0. The number of aromatic nitrogens is 1. The van der Waals surface area contributed by atoms with Gasteiger partial charge in [-0.05, 0) is 75.2 Å². The number of rotatable bonds is 8. The van der Waals surface area contributed by atoms with Crippen LogP contribution in [0.3, 0.4) is 0 Å². The minimum absolute atomic E-state index is 0.0981. The van der Waals surface area contributed by atoms with Crippen molar-refractivity contribution < 1.29 is 13.2 Å². The number of hydrogen-bond acceptors (Lipinski definition) is 5. The van der Waals surface area contributed by atoms with Crippen molar-refractivity contribution in [3.05, 3.63) is 64.3 Å². The van der Waals surface area contributed by atoms with Crippen LogP contribution in [0.1, 0.15) is 31.0 Å². The summed E-state index contributed by atoms with van der Waals surface area (Å²) < 4.78 is 29.7. The molecule has 1 fully saturated rings. The quantitative estimate of drug-likeness (QED) is 0.370. The van der Waals surface area contributed by atoms with Crippen LogP contribution in [0.5, 0.6) is 0 Å². The summed E-state index contributed by atoms with van der Waals surface area (Å²) in [5, 5.41) is 6.76. The van der Waals surface area contributed by atoms with Gasteiger partial charge in [0.2, 0.25) is 10.0 Å².